The van der Waals surface area contributed by atoms with Crippen LogP contribution in [-0.2, 0) is 4.74 Å². The van der Waals surface area contributed by atoms with Crippen LogP contribution in [-0.4, -0.2) is 25.5 Å². The van der Waals surface area contributed by atoms with Crippen molar-refractivity contribution < 1.29 is 17.1 Å². The quantitative estimate of drug-likeness (QED) is 0.589. The van der Waals surface area contributed by atoms with Gasteiger partial charge in [0.2, 0.25) is 0 Å². The zero-order valence-corrected chi connectivity index (χ0v) is 14.5. The molecule has 0 aromatic heterocycles. The molecule has 22 heavy (non-hydrogen) atoms. The monoisotopic (exact) mass is 332 g/mol. The Hall–Kier alpha value is -1.14. The molecule has 1 aliphatic heterocycles. The third kappa shape index (κ3) is 3.79. The van der Waals surface area contributed by atoms with E-state index in [0.717, 1.165) is 19.2 Å². The van der Waals surface area contributed by atoms with Gasteiger partial charge in [0.1, 0.15) is 6.10 Å². The molecular formula is C19H22ClOP. The number of rotatable bonds is 4. The summed E-state index contributed by atoms with van der Waals surface area (Å²) in [6.07, 6.45) is 6.87. The average Bonchev–Trinajstić information content (AvgIpc) is 2.57. The summed E-state index contributed by atoms with van der Waals surface area (Å²) in [6, 6.07) is 21.9. The number of hydrogen-bond acceptors (Lipinski definition) is 1. The number of hydrogen-bond donors (Lipinski definition) is 0. The van der Waals surface area contributed by atoms with Gasteiger partial charge in [0.05, 0.1) is 37.3 Å². The first-order chi connectivity index (χ1) is 10.3. The van der Waals surface area contributed by atoms with E-state index in [9.17, 15) is 0 Å². The lowest BCUT2D eigenvalue weighted by Crippen LogP contribution is -3.00. The highest BCUT2D eigenvalue weighted by molar-refractivity contribution is 7.89. The van der Waals surface area contributed by atoms with E-state index in [0.29, 0.717) is 0 Å². The van der Waals surface area contributed by atoms with Crippen LogP contribution in [0.15, 0.2) is 72.8 Å². The van der Waals surface area contributed by atoms with Gasteiger partial charge in [-0.2, -0.15) is 0 Å². The van der Waals surface area contributed by atoms with E-state index < -0.39 is 7.26 Å². The lowest BCUT2D eigenvalue weighted by molar-refractivity contribution is -0.00000589. The van der Waals surface area contributed by atoms with Crippen molar-refractivity contribution >= 4 is 17.9 Å². The molecule has 3 heteroatoms. The molecular weight excluding hydrogens is 311 g/mol. The number of benzene rings is 2. The van der Waals surface area contributed by atoms with Crippen LogP contribution in [0, 0.1) is 0 Å². The van der Waals surface area contributed by atoms with Gasteiger partial charge in [-0.1, -0.05) is 48.6 Å². The summed E-state index contributed by atoms with van der Waals surface area (Å²) in [7, 11) is -1.42. The molecule has 0 saturated carbocycles. The minimum Gasteiger partial charge on any atom is -1.00 e. The molecule has 0 bridgehead atoms. The molecule has 0 radical (unpaired) electrons. The molecule has 116 valence electrons. The normalized spacial score (nSPS) is 17.8. The summed E-state index contributed by atoms with van der Waals surface area (Å²) < 4.78 is 5.96. The Morgan fingerprint density at radius 3 is 1.95 bits per heavy atom. The Bertz CT molecular complexity index is 558. The van der Waals surface area contributed by atoms with Crippen LogP contribution in [0.2, 0.25) is 0 Å². The van der Waals surface area contributed by atoms with E-state index in [-0.39, 0.29) is 18.5 Å². The standard InChI is InChI=1S/C19H22OP.ClH/c1-21(18-11-4-2-5-12-18,19-13-6-3-7-14-19)16-17-10-8-9-15-20-17;/h2-8,10-14,17H,9,15-16H2,1H3;1H/q+1;/p-1. The van der Waals surface area contributed by atoms with Crippen molar-refractivity contribution in [2.75, 3.05) is 19.4 Å². The second kappa shape index (κ2) is 7.92. The van der Waals surface area contributed by atoms with Gasteiger partial charge in [0, 0.05) is 0 Å². The van der Waals surface area contributed by atoms with Crippen LogP contribution < -0.4 is 23.0 Å². The summed E-state index contributed by atoms with van der Waals surface area (Å²) in [6.45, 7) is 3.29. The second-order valence-electron chi connectivity index (χ2n) is 5.67. The van der Waals surface area contributed by atoms with Crippen molar-refractivity contribution in [3.63, 3.8) is 0 Å². The second-order valence-corrected chi connectivity index (χ2v) is 9.45. The first kappa shape index (κ1) is 17.2. The topological polar surface area (TPSA) is 9.23 Å². The summed E-state index contributed by atoms with van der Waals surface area (Å²) in [4.78, 5) is 0. The Morgan fingerprint density at radius 2 is 1.50 bits per heavy atom. The van der Waals surface area contributed by atoms with Gasteiger partial charge in [-0.25, -0.2) is 0 Å². The van der Waals surface area contributed by atoms with E-state index in [1.54, 1.807) is 0 Å². The first-order valence-electron chi connectivity index (χ1n) is 7.54. The third-order valence-corrected chi connectivity index (χ3v) is 8.13. The molecule has 0 amide bonds. The van der Waals surface area contributed by atoms with Crippen molar-refractivity contribution in [2.24, 2.45) is 0 Å². The molecule has 1 aliphatic rings. The smallest absolute Gasteiger partial charge is 0.110 e. The minimum atomic E-state index is -1.42. The largest absolute Gasteiger partial charge is 1.00 e. The fourth-order valence-electron chi connectivity index (χ4n) is 2.94. The lowest BCUT2D eigenvalue weighted by atomic mass is 10.2. The van der Waals surface area contributed by atoms with Gasteiger partial charge in [-0.05, 0) is 30.7 Å². The highest BCUT2D eigenvalue weighted by Crippen LogP contribution is 2.53. The molecule has 0 fully saturated rings. The Balaban J connectivity index is 0.00000176. The molecule has 2 aromatic rings. The van der Waals surface area contributed by atoms with Gasteiger partial charge in [-0.15, -0.1) is 0 Å². The van der Waals surface area contributed by atoms with Crippen molar-refractivity contribution in [3.8, 4) is 0 Å². The van der Waals surface area contributed by atoms with Crippen molar-refractivity contribution in [3.05, 3.63) is 72.8 Å². The van der Waals surface area contributed by atoms with Crippen molar-refractivity contribution in [1.29, 1.82) is 0 Å². The molecule has 1 heterocycles. The minimum absolute atomic E-state index is 0. The third-order valence-electron chi connectivity index (χ3n) is 4.16. The van der Waals surface area contributed by atoms with Gasteiger partial charge < -0.3 is 17.1 Å². The van der Waals surface area contributed by atoms with E-state index >= 15 is 0 Å². The average molecular weight is 333 g/mol. The van der Waals surface area contributed by atoms with E-state index in [1.807, 2.05) is 0 Å². The van der Waals surface area contributed by atoms with Gasteiger partial charge >= 0.3 is 0 Å². The summed E-state index contributed by atoms with van der Waals surface area (Å²) in [5.74, 6) is 0. The first-order valence-corrected chi connectivity index (χ1v) is 9.96. The maximum Gasteiger partial charge on any atom is 0.110 e. The lowest BCUT2D eigenvalue weighted by Gasteiger charge is -2.27. The fourth-order valence-corrected chi connectivity index (χ4v) is 6.27. The molecule has 0 aliphatic carbocycles. The summed E-state index contributed by atoms with van der Waals surface area (Å²) in [5.41, 5.74) is 0. The molecule has 1 unspecified atom stereocenters. The predicted molar refractivity (Wildman–Crippen MR) is 93.4 cm³/mol. The molecule has 0 N–H and O–H groups in total. The number of ether oxygens (including phenoxy) is 1. The molecule has 1 atom stereocenters. The zero-order chi connectivity index (χ0) is 14.5. The zero-order valence-electron chi connectivity index (χ0n) is 12.9. The molecule has 0 spiro atoms. The molecule has 0 saturated heterocycles. The molecule has 1 nitrogen and oxygen atoms in total. The van der Waals surface area contributed by atoms with E-state index in [2.05, 4.69) is 79.5 Å². The van der Waals surface area contributed by atoms with Crippen LogP contribution in [0.1, 0.15) is 6.42 Å². The Kier molecular flexibility index (Phi) is 6.20. The van der Waals surface area contributed by atoms with Crippen LogP contribution in [0.25, 0.3) is 0 Å². The SMILES string of the molecule is C[P+](CC1C=CCCO1)(c1ccccc1)c1ccccc1.[Cl-]. The van der Waals surface area contributed by atoms with Crippen LogP contribution in [0.4, 0.5) is 0 Å². The Labute approximate surface area is 140 Å². The van der Waals surface area contributed by atoms with Gasteiger partial charge in [-0.3, -0.25) is 0 Å². The predicted octanol–water partition coefficient (Wildman–Crippen LogP) is 0.634. The molecule has 3 rings (SSSR count). The van der Waals surface area contributed by atoms with E-state index in [4.69, 9.17) is 4.74 Å². The summed E-state index contributed by atoms with van der Waals surface area (Å²) >= 11 is 0. The highest BCUT2D eigenvalue weighted by Gasteiger charge is 2.39. The van der Waals surface area contributed by atoms with Crippen molar-refractivity contribution in [2.45, 2.75) is 12.5 Å². The van der Waals surface area contributed by atoms with Gasteiger partial charge in [0.15, 0.2) is 0 Å². The fraction of sp³-hybridized carbons (Fsp3) is 0.263. The maximum atomic E-state index is 5.96. The van der Waals surface area contributed by atoms with Crippen LogP contribution in [0.3, 0.4) is 0 Å². The van der Waals surface area contributed by atoms with Crippen molar-refractivity contribution in [1.82, 2.24) is 0 Å². The summed E-state index contributed by atoms with van der Waals surface area (Å²) in [5, 5.41) is 2.91. The van der Waals surface area contributed by atoms with E-state index in [1.165, 1.54) is 10.6 Å². The maximum absolute atomic E-state index is 5.96. The highest BCUT2D eigenvalue weighted by atomic mass is 35.5. The van der Waals surface area contributed by atoms with Crippen LogP contribution in [0.5, 0.6) is 0 Å². The van der Waals surface area contributed by atoms with Crippen LogP contribution >= 0.6 is 7.26 Å². The number of halogens is 1. The Morgan fingerprint density at radius 1 is 0.955 bits per heavy atom. The molecule has 2 aromatic carbocycles. The van der Waals surface area contributed by atoms with Gasteiger partial charge in [0.25, 0.3) is 0 Å².